The van der Waals surface area contributed by atoms with Gasteiger partial charge in [-0.1, -0.05) is 18.2 Å². The Morgan fingerprint density at radius 3 is 2.76 bits per heavy atom. The van der Waals surface area contributed by atoms with Crippen LogP contribution in [0.2, 0.25) is 0 Å². The van der Waals surface area contributed by atoms with Crippen molar-refractivity contribution >= 4 is 34.2 Å². The first kappa shape index (κ1) is 18.7. The Labute approximate surface area is 168 Å². The highest BCUT2D eigenvalue weighted by atomic mass is 16.5. The van der Waals surface area contributed by atoms with Gasteiger partial charge in [0.2, 0.25) is 0 Å². The molecule has 0 saturated carbocycles. The number of ether oxygens (including phenoxy) is 2. The molecule has 4 rings (SSSR count). The fraction of sp³-hybridized carbons (Fsp3) is 0.238. The third kappa shape index (κ3) is 3.56. The van der Waals surface area contributed by atoms with Gasteiger partial charge in [0.15, 0.2) is 17.1 Å². The number of nitrogens with one attached hydrogen (secondary N) is 1. The van der Waals surface area contributed by atoms with Gasteiger partial charge in [-0.05, 0) is 43.7 Å². The van der Waals surface area contributed by atoms with Gasteiger partial charge in [-0.25, -0.2) is 5.43 Å². The third-order valence-corrected chi connectivity index (χ3v) is 4.56. The number of aryl methyl sites for hydroxylation is 1. The molecule has 4 aromatic rings. The van der Waals surface area contributed by atoms with E-state index in [0.29, 0.717) is 24.1 Å². The molecule has 0 amide bonds. The number of hydrazone groups is 1. The van der Waals surface area contributed by atoms with E-state index in [-0.39, 0.29) is 0 Å². The number of rotatable bonds is 7. The second-order valence-electron chi connectivity index (χ2n) is 6.28. The Hall–Kier alpha value is -3.68. The van der Waals surface area contributed by atoms with E-state index in [1.54, 1.807) is 13.3 Å². The quantitative estimate of drug-likeness (QED) is 0.381. The largest absolute Gasteiger partial charge is 0.493 e. The average molecular weight is 390 g/mol. The van der Waals surface area contributed by atoms with E-state index in [1.807, 2.05) is 43.3 Å². The van der Waals surface area contributed by atoms with Crippen LogP contribution < -0.4 is 14.9 Å². The zero-order chi connectivity index (χ0) is 20.2. The topological polar surface area (TPSA) is 86.5 Å². The predicted octanol–water partition coefficient (Wildman–Crippen LogP) is 3.85. The highest BCUT2D eigenvalue weighted by Crippen LogP contribution is 2.28. The van der Waals surface area contributed by atoms with Crippen LogP contribution in [-0.4, -0.2) is 39.7 Å². The molecule has 0 aliphatic heterocycles. The first-order valence-corrected chi connectivity index (χ1v) is 9.46. The van der Waals surface area contributed by atoms with Crippen LogP contribution in [0.15, 0.2) is 47.6 Å². The molecule has 0 unspecified atom stereocenters. The molecule has 0 radical (unpaired) electrons. The number of fused-ring (bicyclic) bond motifs is 3. The minimum atomic E-state index is 0.337. The minimum Gasteiger partial charge on any atom is -0.493 e. The summed E-state index contributed by atoms with van der Waals surface area (Å²) in [4.78, 5) is 4.61. The number of hydrogen-bond donors (Lipinski definition) is 1. The maximum atomic E-state index is 5.53. The van der Waals surface area contributed by atoms with Gasteiger partial charge in [-0.2, -0.15) is 10.1 Å². The zero-order valence-corrected chi connectivity index (χ0v) is 16.6. The van der Waals surface area contributed by atoms with Crippen molar-refractivity contribution in [3.8, 4) is 11.5 Å². The Morgan fingerprint density at radius 1 is 1.10 bits per heavy atom. The summed E-state index contributed by atoms with van der Waals surface area (Å²) in [6.07, 6.45) is 1.67. The van der Waals surface area contributed by atoms with Gasteiger partial charge >= 0.3 is 0 Å². The summed E-state index contributed by atoms with van der Waals surface area (Å²) < 4.78 is 13.0. The van der Waals surface area contributed by atoms with Crippen LogP contribution in [0.4, 0.5) is 5.95 Å². The molecule has 8 nitrogen and oxygen atoms in total. The molecule has 2 heterocycles. The molecule has 0 saturated heterocycles. The highest BCUT2D eigenvalue weighted by Gasteiger charge is 2.13. The lowest BCUT2D eigenvalue weighted by Crippen LogP contribution is -2.02. The fourth-order valence-electron chi connectivity index (χ4n) is 3.27. The summed E-state index contributed by atoms with van der Waals surface area (Å²) in [5.74, 6) is 1.69. The van der Waals surface area contributed by atoms with Crippen LogP contribution >= 0.6 is 0 Å². The second-order valence-corrected chi connectivity index (χ2v) is 6.28. The van der Waals surface area contributed by atoms with Gasteiger partial charge in [0.25, 0.3) is 5.95 Å². The van der Waals surface area contributed by atoms with Crippen LogP contribution in [-0.2, 0) is 6.54 Å². The van der Waals surface area contributed by atoms with Gasteiger partial charge in [0.1, 0.15) is 5.52 Å². The molecule has 2 aromatic heterocycles. The predicted molar refractivity (Wildman–Crippen MR) is 114 cm³/mol. The van der Waals surface area contributed by atoms with Crippen LogP contribution in [0.5, 0.6) is 11.5 Å². The summed E-state index contributed by atoms with van der Waals surface area (Å²) in [6.45, 7) is 5.38. The lowest BCUT2D eigenvalue weighted by Gasteiger charge is -2.09. The van der Waals surface area contributed by atoms with Crippen molar-refractivity contribution in [3.63, 3.8) is 0 Å². The van der Waals surface area contributed by atoms with Crippen LogP contribution in [0, 0.1) is 0 Å². The molecule has 0 bridgehead atoms. The molecular weight excluding hydrogens is 368 g/mol. The molecular formula is C21H22N6O2. The molecule has 0 aliphatic carbocycles. The lowest BCUT2D eigenvalue weighted by molar-refractivity contribution is 0.311. The number of para-hydroxylation sites is 1. The standard InChI is InChI=1S/C21H22N6O2/c1-4-27-16-9-7-6-8-15(16)19-20(27)23-21(26-24-19)25-22-13-14-10-11-17(29-5-2)18(12-14)28-3/h6-13H,4-5H2,1-3H3,(H,23,25,26)/b22-13+. The SMILES string of the molecule is CCOc1ccc(/C=N/Nc2nnc3c4ccccc4n(CC)c3n2)cc1OC. The van der Waals surface area contributed by atoms with E-state index in [9.17, 15) is 0 Å². The summed E-state index contributed by atoms with van der Waals surface area (Å²) in [5, 5.41) is 13.8. The molecule has 29 heavy (non-hydrogen) atoms. The van der Waals surface area contributed by atoms with E-state index in [0.717, 1.165) is 34.2 Å². The molecule has 148 valence electrons. The smallest absolute Gasteiger partial charge is 0.265 e. The maximum Gasteiger partial charge on any atom is 0.265 e. The maximum absolute atomic E-state index is 5.53. The first-order valence-electron chi connectivity index (χ1n) is 9.46. The molecule has 0 aliphatic rings. The number of nitrogens with zero attached hydrogens (tertiary/aromatic N) is 5. The van der Waals surface area contributed by atoms with Crippen molar-refractivity contribution in [1.82, 2.24) is 19.7 Å². The molecule has 0 atom stereocenters. The van der Waals surface area contributed by atoms with E-state index in [1.165, 1.54) is 0 Å². The Bertz CT molecular complexity index is 1180. The third-order valence-electron chi connectivity index (χ3n) is 4.56. The number of benzene rings is 2. The normalized spacial score (nSPS) is 11.4. The van der Waals surface area contributed by atoms with E-state index >= 15 is 0 Å². The summed E-state index contributed by atoms with van der Waals surface area (Å²) in [7, 11) is 1.61. The highest BCUT2D eigenvalue weighted by molar-refractivity contribution is 6.04. The van der Waals surface area contributed by atoms with Crippen molar-refractivity contribution in [2.24, 2.45) is 5.10 Å². The van der Waals surface area contributed by atoms with E-state index in [2.05, 4.69) is 43.3 Å². The van der Waals surface area contributed by atoms with Gasteiger partial charge in [-0.15, -0.1) is 10.2 Å². The second kappa shape index (κ2) is 8.14. The van der Waals surface area contributed by atoms with Gasteiger partial charge in [0.05, 0.1) is 25.4 Å². The molecule has 0 spiro atoms. The van der Waals surface area contributed by atoms with E-state index in [4.69, 9.17) is 9.47 Å². The molecule has 1 N–H and O–H groups in total. The average Bonchev–Trinajstić information content (AvgIpc) is 3.07. The Morgan fingerprint density at radius 2 is 1.97 bits per heavy atom. The lowest BCUT2D eigenvalue weighted by atomic mass is 10.2. The summed E-state index contributed by atoms with van der Waals surface area (Å²) >= 11 is 0. The van der Waals surface area contributed by atoms with Crippen molar-refractivity contribution in [3.05, 3.63) is 48.0 Å². The van der Waals surface area contributed by atoms with Crippen molar-refractivity contribution in [1.29, 1.82) is 0 Å². The number of aromatic nitrogens is 4. The van der Waals surface area contributed by atoms with Gasteiger partial charge in [-0.3, -0.25) is 0 Å². The van der Waals surface area contributed by atoms with Gasteiger partial charge in [0, 0.05) is 11.9 Å². The summed E-state index contributed by atoms with van der Waals surface area (Å²) in [5.41, 5.74) is 6.37. The zero-order valence-electron chi connectivity index (χ0n) is 16.6. The molecule has 2 aromatic carbocycles. The molecule has 0 fully saturated rings. The number of hydrogen-bond acceptors (Lipinski definition) is 7. The monoisotopic (exact) mass is 390 g/mol. The first-order chi connectivity index (χ1) is 14.2. The Kier molecular flexibility index (Phi) is 5.24. The number of methoxy groups -OCH3 is 1. The Balaban J connectivity index is 1.59. The minimum absolute atomic E-state index is 0.337. The van der Waals surface area contributed by atoms with E-state index < -0.39 is 0 Å². The molecule has 8 heteroatoms. The van der Waals surface area contributed by atoms with Crippen molar-refractivity contribution < 1.29 is 9.47 Å². The van der Waals surface area contributed by atoms with Crippen LogP contribution in [0.1, 0.15) is 19.4 Å². The van der Waals surface area contributed by atoms with Crippen LogP contribution in [0.3, 0.4) is 0 Å². The summed E-state index contributed by atoms with van der Waals surface area (Å²) in [6, 6.07) is 13.7. The van der Waals surface area contributed by atoms with Crippen molar-refractivity contribution in [2.45, 2.75) is 20.4 Å². The van der Waals surface area contributed by atoms with Gasteiger partial charge < -0.3 is 14.0 Å². The number of anilines is 1. The van der Waals surface area contributed by atoms with Crippen LogP contribution in [0.25, 0.3) is 22.1 Å². The fourth-order valence-corrected chi connectivity index (χ4v) is 3.27. The van der Waals surface area contributed by atoms with Crippen molar-refractivity contribution in [2.75, 3.05) is 19.1 Å².